The standard InChI is InChI=1S/C21H26N2O2/c1-14-21(2,18-12-15-8-10-16(18)11-9-15)20(25)23(22-14)13-19(24)17-6-4-3-5-7-17/h3-7,15-16,18H,8-13H2,1-2H3/t15-,16+,18-,21?/m0/s1. The van der Waals surface area contributed by atoms with Crippen LogP contribution in [0.3, 0.4) is 0 Å². The van der Waals surface area contributed by atoms with Crippen molar-refractivity contribution in [2.45, 2.75) is 46.0 Å². The van der Waals surface area contributed by atoms with Gasteiger partial charge in [0, 0.05) is 5.56 Å². The molecule has 5 rings (SSSR count). The maximum absolute atomic E-state index is 13.2. The van der Waals surface area contributed by atoms with Gasteiger partial charge in [-0.1, -0.05) is 43.2 Å². The minimum Gasteiger partial charge on any atom is -0.292 e. The number of nitrogens with zero attached hydrogens (tertiary/aromatic N) is 2. The minimum absolute atomic E-state index is 0.0202. The summed E-state index contributed by atoms with van der Waals surface area (Å²) in [5.41, 5.74) is 0.991. The van der Waals surface area contributed by atoms with Gasteiger partial charge in [0.05, 0.1) is 11.1 Å². The Morgan fingerprint density at radius 2 is 1.88 bits per heavy atom. The lowest BCUT2D eigenvalue weighted by atomic mass is 9.55. The molecule has 1 heterocycles. The highest BCUT2D eigenvalue weighted by molar-refractivity contribution is 6.12. The molecule has 4 heteroatoms. The number of Topliss-reactive ketones (excluding diaryl/α,β-unsaturated/α-hetero) is 1. The molecule has 4 aliphatic rings. The van der Waals surface area contributed by atoms with Crippen molar-refractivity contribution in [2.24, 2.45) is 28.3 Å². The summed E-state index contributed by atoms with van der Waals surface area (Å²) in [6, 6.07) is 9.15. The molecule has 25 heavy (non-hydrogen) atoms. The van der Waals surface area contributed by atoms with Crippen molar-refractivity contribution in [1.29, 1.82) is 0 Å². The fraction of sp³-hybridized carbons (Fsp3) is 0.571. The molecule has 0 saturated heterocycles. The van der Waals surface area contributed by atoms with Gasteiger partial charge in [0.2, 0.25) is 0 Å². The summed E-state index contributed by atoms with van der Waals surface area (Å²) >= 11 is 0. The second-order valence-electron chi connectivity index (χ2n) is 8.16. The van der Waals surface area contributed by atoms with Crippen LogP contribution in [-0.2, 0) is 4.79 Å². The Morgan fingerprint density at radius 3 is 2.48 bits per heavy atom. The molecule has 3 aliphatic carbocycles. The summed E-state index contributed by atoms with van der Waals surface area (Å²) in [7, 11) is 0. The van der Waals surface area contributed by atoms with Crippen LogP contribution >= 0.6 is 0 Å². The molecule has 2 bridgehead atoms. The van der Waals surface area contributed by atoms with Gasteiger partial charge in [-0.05, 0) is 50.9 Å². The summed E-state index contributed by atoms with van der Waals surface area (Å²) in [6.07, 6.45) is 6.26. The van der Waals surface area contributed by atoms with Crippen LogP contribution < -0.4 is 0 Å². The fourth-order valence-corrected chi connectivity index (χ4v) is 5.22. The highest BCUT2D eigenvalue weighted by Crippen LogP contribution is 2.54. The summed E-state index contributed by atoms with van der Waals surface area (Å²) < 4.78 is 0. The van der Waals surface area contributed by atoms with Crippen molar-refractivity contribution in [1.82, 2.24) is 5.01 Å². The number of hydrogen-bond acceptors (Lipinski definition) is 3. The lowest BCUT2D eigenvalue weighted by Crippen LogP contribution is -2.49. The third-order valence-corrected chi connectivity index (χ3v) is 6.88. The molecule has 0 spiro atoms. The van der Waals surface area contributed by atoms with Crippen molar-refractivity contribution < 1.29 is 9.59 Å². The highest BCUT2D eigenvalue weighted by Gasteiger charge is 2.55. The van der Waals surface area contributed by atoms with Crippen LogP contribution in [0.2, 0.25) is 0 Å². The summed E-state index contributed by atoms with van der Waals surface area (Å²) in [6.45, 7) is 4.07. The molecule has 1 aromatic rings. The summed E-state index contributed by atoms with van der Waals surface area (Å²) in [5, 5.41) is 5.95. The maximum atomic E-state index is 13.2. The number of carbonyl (C=O) groups is 2. The number of amides is 1. The molecule has 2 atom stereocenters. The van der Waals surface area contributed by atoms with E-state index in [0.29, 0.717) is 17.4 Å². The molecule has 3 saturated carbocycles. The van der Waals surface area contributed by atoms with Crippen LogP contribution in [0.5, 0.6) is 0 Å². The first-order valence-electron chi connectivity index (χ1n) is 9.46. The molecule has 0 aromatic heterocycles. The van der Waals surface area contributed by atoms with Crippen LogP contribution in [-0.4, -0.2) is 29.0 Å². The van der Waals surface area contributed by atoms with Crippen LogP contribution in [0.15, 0.2) is 35.4 Å². The Labute approximate surface area is 149 Å². The van der Waals surface area contributed by atoms with E-state index in [-0.39, 0.29) is 18.2 Å². The maximum Gasteiger partial charge on any atom is 0.255 e. The van der Waals surface area contributed by atoms with Crippen molar-refractivity contribution in [2.75, 3.05) is 6.54 Å². The van der Waals surface area contributed by atoms with E-state index in [1.165, 1.54) is 30.7 Å². The Morgan fingerprint density at radius 1 is 1.20 bits per heavy atom. The third-order valence-electron chi connectivity index (χ3n) is 6.88. The Balaban J connectivity index is 1.54. The summed E-state index contributed by atoms with van der Waals surface area (Å²) in [5.74, 6) is 1.75. The molecule has 0 radical (unpaired) electrons. The lowest BCUT2D eigenvalue weighted by Gasteiger charge is -2.48. The SMILES string of the molecule is CC1=NN(CC(=O)c2ccccc2)C(=O)C1(C)[C@H]1C[C@H]2CC[C@@H]1CC2. The third kappa shape index (κ3) is 2.62. The smallest absolute Gasteiger partial charge is 0.255 e. The molecule has 1 unspecified atom stereocenters. The largest absolute Gasteiger partial charge is 0.292 e. The van der Waals surface area contributed by atoms with Gasteiger partial charge in [-0.2, -0.15) is 5.10 Å². The van der Waals surface area contributed by atoms with Crippen molar-refractivity contribution in [3.8, 4) is 0 Å². The molecule has 132 valence electrons. The monoisotopic (exact) mass is 338 g/mol. The van der Waals surface area contributed by atoms with E-state index >= 15 is 0 Å². The van der Waals surface area contributed by atoms with Gasteiger partial charge in [-0.25, -0.2) is 5.01 Å². The molecule has 0 N–H and O–H groups in total. The van der Waals surface area contributed by atoms with Gasteiger partial charge in [0.1, 0.15) is 6.54 Å². The van der Waals surface area contributed by atoms with Crippen LogP contribution in [0, 0.1) is 23.2 Å². The van der Waals surface area contributed by atoms with E-state index in [9.17, 15) is 9.59 Å². The molecule has 3 fully saturated rings. The Hall–Kier alpha value is -1.97. The van der Waals surface area contributed by atoms with E-state index in [0.717, 1.165) is 18.1 Å². The second kappa shape index (κ2) is 6.08. The van der Waals surface area contributed by atoms with Crippen LogP contribution in [0.4, 0.5) is 0 Å². The van der Waals surface area contributed by atoms with Crippen LogP contribution in [0.25, 0.3) is 0 Å². The minimum atomic E-state index is -0.527. The number of carbonyl (C=O) groups excluding carboxylic acids is 2. The molecular weight excluding hydrogens is 312 g/mol. The molecule has 1 aromatic carbocycles. The number of hydrazone groups is 1. The second-order valence-corrected chi connectivity index (χ2v) is 8.16. The van der Waals surface area contributed by atoms with Gasteiger partial charge in [-0.15, -0.1) is 0 Å². The molecule has 1 amide bonds. The topological polar surface area (TPSA) is 49.7 Å². The molecular formula is C21H26N2O2. The Bertz CT molecular complexity index is 719. The zero-order valence-corrected chi connectivity index (χ0v) is 15.1. The van der Waals surface area contributed by atoms with Gasteiger partial charge in [-0.3, -0.25) is 9.59 Å². The lowest BCUT2D eigenvalue weighted by molar-refractivity contribution is -0.140. The first-order chi connectivity index (χ1) is 12.0. The number of benzene rings is 1. The first kappa shape index (κ1) is 16.5. The zero-order valence-electron chi connectivity index (χ0n) is 15.1. The quantitative estimate of drug-likeness (QED) is 0.781. The van der Waals surface area contributed by atoms with Gasteiger partial charge >= 0.3 is 0 Å². The number of hydrogen-bond donors (Lipinski definition) is 0. The Kier molecular flexibility index (Phi) is 4.01. The van der Waals surface area contributed by atoms with E-state index in [1.807, 2.05) is 25.1 Å². The fourth-order valence-electron chi connectivity index (χ4n) is 5.22. The predicted molar refractivity (Wildman–Crippen MR) is 97.3 cm³/mol. The molecule has 4 nitrogen and oxygen atoms in total. The number of fused-ring (bicyclic) bond motifs is 3. The van der Waals surface area contributed by atoms with E-state index in [4.69, 9.17) is 0 Å². The average Bonchev–Trinajstić information content (AvgIpc) is 2.88. The normalized spacial score (nSPS) is 34.3. The van der Waals surface area contributed by atoms with Crippen molar-refractivity contribution >= 4 is 17.4 Å². The van der Waals surface area contributed by atoms with Crippen molar-refractivity contribution in [3.63, 3.8) is 0 Å². The van der Waals surface area contributed by atoms with Crippen molar-refractivity contribution in [3.05, 3.63) is 35.9 Å². The number of rotatable bonds is 4. The number of ketones is 1. The van der Waals surface area contributed by atoms with Gasteiger partial charge in [0.15, 0.2) is 5.78 Å². The van der Waals surface area contributed by atoms with Gasteiger partial charge < -0.3 is 0 Å². The van der Waals surface area contributed by atoms with E-state index in [2.05, 4.69) is 12.0 Å². The van der Waals surface area contributed by atoms with E-state index in [1.54, 1.807) is 12.1 Å². The predicted octanol–water partition coefficient (Wildman–Crippen LogP) is 3.92. The first-order valence-corrected chi connectivity index (χ1v) is 9.46. The van der Waals surface area contributed by atoms with E-state index < -0.39 is 5.41 Å². The van der Waals surface area contributed by atoms with Gasteiger partial charge in [0.25, 0.3) is 5.91 Å². The zero-order chi connectivity index (χ0) is 17.6. The van der Waals surface area contributed by atoms with Crippen LogP contribution in [0.1, 0.15) is 56.3 Å². The molecule has 1 aliphatic heterocycles. The average molecular weight is 338 g/mol. The summed E-state index contributed by atoms with van der Waals surface area (Å²) in [4.78, 5) is 25.7. The highest BCUT2D eigenvalue weighted by atomic mass is 16.2.